The van der Waals surface area contributed by atoms with Gasteiger partial charge < -0.3 is 4.74 Å². The van der Waals surface area contributed by atoms with Crippen molar-refractivity contribution in [1.29, 1.82) is 5.26 Å². The van der Waals surface area contributed by atoms with Crippen molar-refractivity contribution in [1.82, 2.24) is 3.97 Å². The van der Waals surface area contributed by atoms with Gasteiger partial charge in [-0.15, -0.1) is 0 Å². The molecule has 0 radical (unpaired) electrons. The molecule has 0 spiro atoms. The van der Waals surface area contributed by atoms with Crippen LogP contribution in [0.4, 0.5) is 0 Å². The second-order valence-corrected chi connectivity index (χ2v) is 8.21. The Balaban J connectivity index is 1.70. The first-order valence-electron chi connectivity index (χ1n) is 8.59. The van der Waals surface area contributed by atoms with E-state index in [1.54, 1.807) is 79.0 Å². The average molecular weight is 388 g/mol. The fourth-order valence-corrected chi connectivity index (χ4v) is 4.31. The van der Waals surface area contributed by atoms with E-state index in [1.165, 1.54) is 3.97 Å². The lowest BCUT2D eigenvalue weighted by Crippen LogP contribution is -2.11. The fraction of sp³-hybridized carbons (Fsp3) is 0.0455. The zero-order valence-electron chi connectivity index (χ0n) is 15.0. The van der Waals surface area contributed by atoms with Gasteiger partial charge in [0.05, 0.1) is 22.0 Å². The van der Waals surface area contributed by atoms with Gasteiger partial charge in [-0.3, -0.25) is 0 Å². The third kappa shape index (κ3) is 3.24. The number of nitriles is 1. The maximum absolute atomic E-state index is 13.0. The zero-order valence-corrected chi connectivity index (χ0v) is 15.8. The van der Waals surface area contributed by atoms with E-state index in [2.05, 4.69) is 6.07 Å². The van der Waals surface area contributed by atoms with Gasteiger partial charge in [0.15, 0.2) is 0 Å². The smallest absolute Gasteiger partial charge is 0.268 e. The molecule has 0 unspecified atom stereocenters. The number of nitrogens with zero attached hydrogens (tertiary/aromatic N) is 2. The molecule has 0 atom stereocenters. The molecule has 28 heavy (non-hydrogen) atoms. The third-order valence-corrected chi connectivity index (χ3v) is 6.11. The molecule has 1 aromatic heterocycles. The van der Waals surface area contributed by atoms with E-state index in [1.807, 2.05) is 6.92 Å². The molecule has 0 saturated heterocycles. The SMILES string of the molecule is Cc1ccc(S(=O)(=O)n2ccc3cc(Oc4cccc(C#N)c4)ccc32)cc1. The maximum Gasteiger partial charge on any atom is 0.268 e. The lowest BCUT2D eigenvalue weighted by Gasteiger charge is -2.09. The van der Waals surface area contributed by atoms with E-state index >= 15 is 0 Å². The number of fused-ring (bicyclic) bond motifs is 1. The zero-order chi connectivity index (χ0) is 19.7. The van der Waals surface area contributed by atoms with Crippen LogP contribution >= 0.6 is 0 Å². The van der Waals surface area contributed by atoms with Crippen LogP contribution in [0.15, 0.2) is 83.9 Å². The molecule has 4 rings (SSSR count). The van der Waals surface area contributed by atoms with E-state index in [0.29, 0.717) is 22.6 Å². The summed E-state index contributed by atoms with van der Waals surface area (Å²) in [5.74, 6) is 1.11. The van der Waals surface area contributed by atoms with Crippen LogP contribution in [-0.4, -0.2) is 12.4 Å². The predicted octanol–water partition coefficient (Wildman–Crippen LogP) is 4.85. The van der Waals surface area contributed by atoms with E-state index in [9.17, 15) is 8.42 Å². The van der Waals surface area contributed by atoms with Crippen LogP contribution in [0.2, 0.25) is 0 Å². The van der Waals surface area contributed by atoms with Crippen molar-refractivity contribution in [3.05, 3.63) is 90.1 Å². The van der Waals surface area contributed by atoms with Gasteiger partial charge in [0, 0.05) is 11.6 Å². The summed E-state index contributed by atoms with van der Waals surface area (Å²) in [6.45, 7) is 1.91. The molecule has 4 aromatic rings. The van der Waals surface area contributed by atoms with Crippen LogP contribution in [0.5, 0.6) is 11.5 Å². The second-order valence-electron chi connectivity index (χ2n) is 6.39. The highest BCUT2D eigenvalue weighted by molar-refractivity contribution is 7.90. The Labute approximate surface area is 163 Å². The summed E-state index contributed by atoms with van der Waals surface area (Å²) >= 11 is 0. The fourth-order valence-electron chi connectivity index (χ4n) is 2.96. The van der Waals surface area contributed by atoms with Crippen molar-refractivity contribution in [2.24, 2.45) is 0 Å². The third-order valence-electron chi connectivity index (χ3n) is 4.40. The van der Waals surface area contributed by atoms with Gasteiger partial charge in [-0.1, -0.05) is 23.8 Å². The molecule has 0 saturated carbocycles. The molecular weight excluding hydrogens is 372 g/mol. The van der Waals surface area contributed by atoms with Crippen LogP contribution in [0.25, 0.3) is 10.9 Å². The molecule has 0 aliphatic carbocycles. The molecule has 1 heterocycles. The molecule has 0 N–H and O–H groups in total. The minimum atomic E-state index is -3.68. The van der Waals surface area contributed by atoms with Crippen LogP contribution < -0.4 is 4.74 Å². The number of hydrogen-bond acceptors (Lipinski definition) is 4. The van der Waals surface area contributed by atoms with E-state index in [4.69, 9.17) is 10.00 Å². The highest BCUT2D eigenvalue weighted by Gasteiger charge is 2.18. The summed E-state index contributed by atoms with van der Waals surface area (Å²) in [5.41, 5.74) is 2.08. The van der Waals surface area contributed by atoms with Crippen LogP contribution in [0.1, 0.15) is 11.1 Å². The standard InChI is InChI=1S/C22H16N2O3S/c1-16-5-8-21(9-6-16)28(25,26)24-12-11-18-14-20(7-10-22(18)24)27-19-4-2-3-17(13-19)15-23/h2-14H,1H3. The molecule has 0 fully saturated rings. The summed E-state index contributed by atoms with van der Waals surface area (Å²) in [5, 5.41) is 9.73. The Bertz CT molecular complexity index is 1310. The highest BCUT2D eigenvalue weighted by Crippen LogP contribution is 2.29. The molecule has 0 amide bonds. The van der Waals surface area contributed by atoms with Gasteiger partial charge in [-0.05, 0) is 61.5 Å². The summed E-state index contributed by atoms with van der Waals surface area (Å²) in [7, 11) is -3.68. The predicted molar refractivity (Wildman–Crippen MR) is 107 cm³/mol. The van der Waals surface area contributed by atoms with Crippen LogP contribution in [-0.2, 0) is 10.0 Å². The lowest BCUT2D eigenvalue weighted by molar-refractivity contribution is 0.483. The Kier molecular flexibility index (Phi) is 4.38. The number of ether oxygens (including phenoxy) is 1. The molecule has 5 nitrogen and oxygen atoms in total. The van der Waals surface area contributed by atoms with Gasteiger partial charge in [-0.2, -0.15) is 5.26 Å². The number of aromatic nitrogens is 1. The molecular formula is C22H16N2O3S. The minimum absolute atomic E-state index is 0.240. The number of rotatable bonds is 4. The van der Waals surface area contributed by atoms with Gasteiger partial charge in [0.2, 0.25) is 0 Å². The van der Waals surface area contributed by atoms with Crippen LogP contribution in [0.3, 0.4) is 0 Å². The van der Waals surface area contributed by atoms with Gasteiger partial charge in [-0.25, -0.2) is 12.4 Å². The van der Waals surface area contributed by atoms with E-state index in [-0.39, 0.29) is 4.90 Å². The van der Waals surface area contributed by atoms with Crippen molar-refractivity contribution in [2.45, 2.75) is 11.8 Å². The van der Waals surface area contributed by atoms with E-state index < -0.39 is 10.0 Å². The van der Waals surface area contributed by atoms with Gasteiger partial charge in [0.25, 0.3) is 10.0 Å². The number of aryl methyl sites for hydroxylation is 1. The molecule has 0 aliphatic heterocycles. The monoisotopic (exact) mass is 388 g/mol. The highest BCUT2D eigenvalue weighted by atomic mass is 32.2. The van der Waals surface area contributed by atoms with Crippen molar-refractivity contribution < 1.29 is 13.2 Å². The van der Waals surface area contributed by atoms with Crippen molar-refractivity contribution in [3.63, 3.8) is 0 Å². The minimum Gasteiger partial charge on any atom is -0.457 e. The largest absolute Gasteiger partial charge is 0.457 e. The molecule has 3 aromatic carbocycles. The normalized spacial score (nSPS) is 11.3. The lowest BCUT2D eigenvalue weighted by atomic mass is 10.2. The molecule has 0 aliphatic rings. The second kappa shape index (κ2) is 6.87. The first-order valence-corrected chi connectivity index (χ1v) is 10.0. The molecule has 138 valence electrons. The first-order chi connectivity index (χ1) is 13.5. The Morgan fingerprint density at radius 3 is 2.43 bits per heavy atom. The first kappa shape index (κ1) is 17.8. The van der Waals surface area contributed by atoms with Gasteiger partial charge in [0.1, 0.15) is 11.5 Å². The quantitative estimate of drug-likeness (QED) is 0.501. The average Bonchev–Trinajstić information content (AvgIpc) is 3.12. The van der Waals surface area contributed by atoms with Crippen molar-refractivity contribution in [2.75, 3.05) is 0 Å². The topological polar surface area (TPSA) is 72.1 Å². The Morgan fingerprint density at radius 2 is 1.68 bits per heavy atom. The van der Waals surface area contributed by atoms with Crippen LogP contribution in [0, 0.1) is 18.3 Å². The molecule has 0 bridgehead atoms. The molecule has 6 heteroatoms. The maximum atomic E-state index is 13.0. The van der Waals surface area contributed by atoms with Gasteiger partial charge >= 0.3 is 0 Å². The summed E-state index contributed by atoms with van der Waals surface area (Å²) < 4.78 is 33.0. The van der Waals surface area contributed by atoms with E-state index in [0.717, 1.165) is 10.9 Å². The van der Waals surface area contributed by atoms with Crippen molar-refractivity contribution in [3.8, 4) is 17.6 Å². The Hall–Kier alpha value is -3.56. The Morgan fingerprint density at radius 1 is 0.929 bits per heavy atom. The summed E-state index contributed by atoms with van der Waals surface area (Å²) in [6.07, 6.45) is 1.54. The number of benzene rings is 3. The summed E-state index contributed by atoms with van der Waals surface area (Å²) in [4.78, 5) is 0.240. The van der Waals surface area contributed by atoms with Crippen molar-refractivity contribution >= 4 is 20.9 Å². The number of hydrogen-bond donors (Lipinski definition) is 0. The summed E-state index contributed by atoms with van der Waals surface area (Å²) in [6, 6.07) is 22.6.